The maximum Gasteiger partial charge on any atom is 0.253 e. The van der Waals surface area contributed by atoms with Gasteiger partial charge in [0.25, 0.3) is 5.91 Å². The van der Waals surface area contributed by atoms with E-state index in [1.165, 1.54) is 0 Å². The second kappa shape index (κ2) is 6.52. The van der Waals surface area contributed by atoms with E-state index in [1.54, 1.807) is 23.1 Å². The van der Waals surface area contributed by atoms with Crippen LogP contribution >= 0.6 is 0 Å². The highest BCUT2D eigenvalue weighted by molar-refractivity contribution is 6.09. The normalized spacial score (nSPS) is 14.0. The smallest absolute Gasteiger partial charge is 0.253 e. The number of anilines is 1. The Hall–Kier alpha value is -2.82. The van der Waals surface area contributed by atoms with Gasteiger partial charge < -0.3 is 15.0 Å². The molecule has 0 unspecified atom stereocenters. The molecule has 0 aliphatic carbocycles. The molecule has 2 aromatic rings. The standard InChI is InChI=1S/C18H18N2O3/c1-13-5-4-6-14(11-13)23-10-9-20-16-8-3-2-7-15(16)18(22)19-12-17(20)21/h2-8,11H,9-10,12H2,1H3,(H,19,22). The lowest BCUT2D eigenvalue weighted by atomic mass is 10.1. The Bertz CT molecular complexity index is 743. The first-order chi connectivity index (χ1) is 11.1. The Kier molecular flexibility index (Phi) is 4.28. The van der Waals surface area contributed by atoms with E-state index in [2.05, 4.69) is 5.32 Å². The van der Waals surface area contributed by atoms with Crippen molar-refractivity contribution >= 4 is 17.5 Å². The number of para-hydroxylation sites is 1. The molecule has 0 saturated heterocycles. The number of carbonyl (C=O) groups excluding carboxylic acids is 2. The molecule has 1 aliphatic heterocycles. The van der Waals surface area contributed by atoms with Crippen LogP contribution in [0.25, 0.3) is 0 Å². The summed E-state index contributed by atoms with van der Waals surface area (Å²) in [6, 6.07) is 14.9. The first kappa shape index (κ1) is 15.1. The molecule has 0 bridgehead atoms. The van der Waals surface area contributed by atoms with E-state index in [4.69, 9.17) is 4.74 Å². The van der Waals surface area contributed by atoms with Crippen LogP contribution in [0.3, 0.4) is 0 Å². The number of amides is 2. The van der Waals surface area contributed by atoms with Crippen molar-refractivity contribution in [2.45, 2.75) is 6.92 Å². The van der Waals surface area contributed by atoms with Crippen molar-refractivity contribution in [1.82, 2.24) is 5.32 Å². The molecule has 118 valence electrons. The molecule has 2 amide bonds. The Labute approximate surface area is 134 Å². The van der Waals surface area contributed by atoms with E-state index in [0.29, 0.717) is 24.4 Å². The third kappa shape index (κ3) is 3.34. The van der Waals surface area contributed by atoms with Gasteiger partial charge in [0.2, 0.25) is 5.91 Å². The molecule has 5 nitrogen and oxygen atoms in total. The fourth-order valence-corrected chi connectivity index (χ4v) is 2.59. The van der Waals surface area contributed by atoms with E-state index in [-0.39, 0.29) is 18.4 Å². The summed E-state index contributed by atoms with van der Waals surface area (Å²) in [5.74, 6) is 0.405. The molecule has 23 heavy (non-hydrogen) atoms. The van der Waals surface area contributed by atoms with Crippen LogP contribution in [0.2, 0.25) is 0 Å². The average Bonchev–Trinajstić information content (AvgIpc) is 2.67. The monoisotopic (exact) mass is 310 g/mol. The average molecular weight is 310 g/mol. The van der Waals surface area contributed by atoms with Crippen LogP contribution in [0.5, 0.6) is 5.75 Å². The van der Waals surface area contributed by atoms with Crippen LogP contribution in [-0.4, -0.2) is 31.5 Å². The highest BCUT2D eigenvalue weighted by Gasteiger charge is 2.25. The summed E-state index contributed by atoms with van der Waals surface area (Å²) in [7, 11) is 0. The van der Waals surface area contributed by atoms with Crippen LogP contribution < -0.4 is 15.0 Å². The number of ether oxygens (including phenoxy) is 1. The molecule has 1 N–H and O–H groups in total. The second-order valence-electron chi connectivity index (χ2n) is 5.41. The first-order valence-corrected chi connectivity index (χ1v) is 7.52. The fourth-order valence-electron chi connectivity index (χ4n) is 2.59. The summed E-state index contributed by atoms with van der Waals surface area (Å²) in [4.78, 5) is 25.9. The quantitative estimate of drug-likeness (QED) is 0.941. The molecular weight excluding hydrogens is 292 g/mol. The molecule has 0 spiro atoms. The molecule has 0 atom stereocenters. The number of hydrogen-bond acceptors (Lipinski definition) is 3. The minimum Gasteiger partial charge on any atom is -0.492 e. The van der Waals surface area contributed by atoms with Crippen molar-refractivity contribution in [3.05, 3.63) is 59.7 Å². The van der Waals surface area contributed by atoms with Gasteiger partial charge in [-0.25, -0.2) is 0 Å². The van der Waals surface area contributed by atoms with Gasteiger partial charge in [0, 0.05) is 0 Å². The number of nitrogens with zero attached hydrogens (tertiary/aromatic N) is 1. The van der Waals surface area contributed by atoms with Gasteiger partial charge in [0.05, 0.1) is 24.3 Å². The van der Waals surface area contributed by atoms with Gasteiger partial charge in [-0.2, -0.15) is 0 Å². The highest BCUT2D eigenvalue weighted by Crippen LogP contribution is 2.22. The number of benzene rings is 2. The van der Waals surface area contributed by atoms with Crippen molar-refractivity contribution in [3.63, 3.8) is 0 Å². The topological polar surface area (TPSA) is 58.6 Å². The van der Waals surface area contributed by atoms with Crippen molar-refractivity contribution in [2.24, 2.45) is 0 Å². The molecule has 5 heteroatoms. The largest absolute Gasteiger partial charge is 0.492 e. The molecule has 0 saturated carbocycles. The highest BCUT2D eigenvalue weighted by atomic mass is 16.5. The second-order valence-corrected chi connectivity index (χ2v) is 5.41. The zero-order valence-corrected chi connectivity index (χ0v) is 12.9. The summed E-state index contributed by atoms with van der Waals surface area (Å²) < 4.78 is 5.72. The first-order valence-electron chi connectivity index (χ1n) is 7.52. The molecule has 1 aliphatic rings. The van der Waals surface area contributed by atoms with Crippen molar-refractivity contribution in [2.75, 3.05) is 24.6 Å². The van der Waals surface area contributed by atoms with Crippen molar-refractivity contribution < 1.29 is 14.3 Å². The van der Waals surface area contributed by atoms with E-state index < -0.39 is 0 Å². The van der Waals surface area contributed by atoms with Gasteiger partial charge in [-0.1, -0.05) is 24.3 Å². The third-order valence-corrected chi connectivity index (χ3v) is 3.71. The Morgan fingerprint density at radius 1 is 1.13 bits per heavy atom. The number of fused-ring (bicyclic) bond motifs is 1. The lowest BCUT2D eigenvalue weighted by Crippen LogP contribution is -2.38. The number of rotatable bonds is 4. The molecule has 3 rings (SSSR count). The maximum absolute atomic E-state index is 12.3. The third-order valence-electron chi connectivity index (χ3n) is 3.71. The number of nitrogens with one attached hydrogen (secondary N) is 1. The summed E-state index contributed by atoms with van der Waals surface area (Å²) >= 11 is 0. The summed E-state index contributed by atoms with van der Waals surface area (Å²) in [6.45, 7) is 2.74. The predicted molar refractivity (Wildman–Crippen MR) is 87.8 cm³/mol. The van der Waals surface area contributed by atoms with Gasteiger partial charge in [-0.3, -0.25) is 9.59 Å². The number of carbonyl (C=O) groups is 2. The zero-order valence-electron chi connectivity index (χ0n) is 12.9. The van der Waals surface area contributed by atoms with E-state index in [1.807, 2.05) is 37.3 Å². The Balaban J connectivity index is 1.74. The van der Waals surface area contributed by atoms with E-state index in [9.17, 15) is 9.59 Å². The van der Waals surface area contributed by atoms with Crippen LogP contribution in [0, 0.1) is 6.92 Å². The number of hydrogen-bond donors (Lipinski definition) is 1. The molecule has 0 fully saturated rings. The van der Waals surface area contributed by atoms with Crippen LogP contribution in [0.1, 0.15) is 15.9 Å². The van der Waals surface area contributed by atoms with E-state index in [0.717, 1.165) is 11.3 Å². The van der Waals surface area contributed by atoms with Crippen LogP contribution in [0.4, 0.5) is 5.69 Å². The fraction of sp³-hybridized carbons (Fsp3) is 0.222. The predicted octanol–water partition coefficient (Wildman–Crippen LogP) is 2.15. The van der Waals surface area contributed by atoms with Gasteiger partial charge >= 0.3 is 0 Å². The minimum absolute atomic E-state index is 0.00203. The van der Waals surface area contributed by atoms with Crippen LogP contribution in [-0.2, 0) is 4.79 Å². The van der Waals surface area contributed by atoms with Gasteiger partial charge in [0.15, 0.2) is 0 Å². The van der Waals surface area contributed by atoms with Crippen molar-refractivity contribution in [1.29, 1.82) is 0 Å². The number of aryl methyl sites for hydroxylation is 1. The maximum atomic E-state index is 12.3. The minimum atomic E-state index is -0.226. The van der Waals surface area contributed by atoms with E-state index >= 15 is 0 Å². The van der Waals surface area contributed by atoms with Crippen LogP contribution in [0.15, 0.2) is 48.5 Å². The summed E-state index contributed by atoms with van der Waals surface area (Å²) in [6.07, 6.45) is 0. The Morgan fingerprint density at radius 3 is 2.78 bits per heavy atom. The van der Waals surface area contributed by atoms with Gasteiger partial charge in [-0.05, 0) is 36.8 Å². The molecule has 0 radical (unpaired) electrons. The molecule has 2 aromatic carbocycles. The molecule has 1 heterocycles. The summed E-state index contributed by atoms with van der Waals surface area (Å²) in [5.41, 5.74) is 2.25. The zero-order chi connectivity index (χ0) is 16.2. The molecular formula is C18H18N2O3. The van der Waals surface area contributed by atoms with Gasteiger partial charge in [0.1, 0.15) is 12.4 Å². The van der Waals surface area contributed by atoms with Gasteiger partial charge in [-0.15, -0.1) is 0 Å². The lowest BCUT2D eigenvalue weighted by molar-refractivity contribution is -0.117. The molecule has 0 aromatic heterocycles. The summed E-state index contributed by atoms with van der Waals surface area (Å²) in [5, 5.41) is 2.63. The SMILES string of the molecule is Cc1cccc(OCCN2C(=O)CNC(=O)c3ccccc32)c1. The Morgan fingerprint density at radius 2 is 1.96 bits per heavy atom. The van der Waals surface area contributed by atoms with Crippen molar-refractivity contribution in [3.8, 4) is 5.75 Å². The lowest BCUT2D eigenvalue weighted by Gasteiger charge is -2.22.